The van der Waals surface area contributed by atoms with Crippen molar-refractivity contribution in [2.75, 3.05) is 6.61 Å². The van der Waals surface area contributed by atoms with Gasteiger partial charge in [-0.3, -0.25) is 0 Å². The Morgan fingerprint density at radius 2 is 1.90 bits per heavy atom. The molecule has 0 heterocycles. The van der Waals surface area contributed by atoms with E-state index in [1.807, 2.05) is 21.8 Å². The third-order valence-corrected chi connectivity index (χ3v) is 3.13. The van der Waals surface area contributed by atoms with Crippen LogP contribution in [0.25, 0.3) is 0 Å². The molecule has 0 aromatic rings. The molecule has 0 bridgehead atoms. The second kappa shape index (κ2) is 4.36. The maximum atomic E-state index is 5.48. The van der Waals surface area contributed by atoms with Crippen LogP contribution < -0.4 is 0 Å². The van der Waals surface area contributed by atoms with Crippen molar-refractivity contribution in [3.63, 3.8) is 0 Å². The number of rotatable bonds is 3. The van der Waals surface area contributed by atoms with Gasteiger partial charge in [0.05, 0.1) is 0 Å². The van der Waals surface area contributed by atoms with Gasteiger partial charge in [-0.2, -0.15) is 0 Å². The third kappa shape index (κ3) is 4.30. The van der Waals surface area contributed by atoms with Gasteiger partial charge in [-0.1, -0.05) is 0 Å². The summed E-state index contributed by atoms with van der Waals surface area (Å²) in [6.07, 6.45) is 1.09. The molecular formula is C8H16OTe. The Bertz CT molecular complexity index is 113. The van der Waals surface area contributed by atoms with Crippen LogP contribution in [0.1, 0.15) is 34.1 Å². The molecule has 10 heavy (non-hydrogen) atoms. The predicted octanol–water partition coefficient (Wildman–Crippen LogP) is 1.76. The zero-order valence-corrected chi connectivity index (χ0v) is 9.56. The fourth-order valence-corrected chi connectivity index (χ4v) is 0.649. The van der Waals surface area contributed by atoms with Crippen LogP contribution in [0.15, 0.2) is 0 Å². The van der Waals surface area contributed by atoms with Gasteiger partial charge < -0.3 is 0 Å². The Labute approximate surface area is 76.5 Å². The summed E-state index contributed by atoms with van der Waals surface area (Å²) in [6.45, 7) is 9.48. The molecular weight excluding hydrogens is 240 g/mol. The summed E-state index contributed by atoms with van der Waals surface area (Å²) in [6, 6.07) is 0. The molecule has 1 nitrogen and oxygen atoms in total. The Kier molecular flexibility index (Phi) is 4.56. The Hall–Kier alpha value is 0.460. The van der Waals surface area contributed by atoms with Crippen molar-refractivity contribution in [1.29, 1.82) is 0 Å². The van der Waals surface area contributed by atoms with Gasteiger partial charge in [0.25, 0.3) is 0 Å². The fourth-order valence-electron chi connectivity index (χ4n) is 0.411. The van der Waals surface area contributed by atoms with Crippen LogP contribution in [0.2, 0.25) is 0 Å². The molecule has 0 fully saturated rings. The first kappa shape index (κ1) is 10.5. The second-order valence-electron chi connectivity index (χ2n) is 3.39. The van der Waals surface area contributed by atoms with Crippen LogP contribution in [0.5, 0.6) is 0 Å². The predicted molar refractivity (Wildman–Crippen MR) is 46.5 cm³/mol. The first-order valence-corrected chi connectivity index (χ1v) is 4.82. The molecule has 2 heteroatoms. The van der Waals surface area contributed by atoms with E-state index in [9.17, 15) is 0 Å². The molecule has 0 spiro atoms. The molecule has 0 radical (unpaired) electrons. The SMILES string of the molecule is CCCOC(=[Te])C(C)(C)C. The van der Waals surface area contributed by atoms with Gasteiger partial charge in [0.2, 0.25) is 0 Å². The molecule has 0 amide bonds. The average molecular weight is 256 g/mol. The molecule has 0 rings (SSSR count). The molecule has 0 aromatic heterocycles. The van der Waals surface area contributed by atoms with Gasteiger partial charge in [-0.25, -0.2) is 0 Å². The molecule has 0 atom stereocenters. The van der Waals surface area contributed by atoms with E-state index < -0.39 is 0 Å². The van der Waals surface area contributed by atoms with Gasteiger partial charge >= 0.3 is 76.4 Å². The van der Waals surface area contributed by atoms with Crippen molar-refractivity contribution in [2.45, 2.75) is 34.1 Å². The average Bonchev–Trinajstić information content (AvgIpc) is 1.80. The number of hydrogen-bond donors (Lipinski definition) is 0. The van der Waals surface area contributed by atoms with Gasteiger partial charge in [0, 0.05) is 0 Å². The van der Waals surface area contributed by atoms with E-state index in [0.717, 1.165) is 16.8 Å². The van der Waals surface area contributed by atoms with E-state index in [4.69, 9.17) is 4.74 Å². The van der Waals surface area contributed by atoms with Crippen LogP contribution in [-0.2, 0) is 4.74 Å². The summed E-state index contributed by atoms with van der Waals surface area (Å²) in [5, 5.41) is 0. The monoisotopic (exact) mass is 258 g/mol. The van der Waals surface area contributed by atoms with Crippen LogP contribution >= 0.6 is 0 Å². The van der Waals surface area contributed by atoms with E-state index in [2.05, 4.69) is 27.7 Å². The van der Waals surface area contributed by atoms with E-state index in [0.29, 0.717) is 0 Å². The molecule has 0 unspecified atom stereocenters. The minimum atomic E-state index is 0.208. The second-order valence-corrected chi connectivity index (χ2v) is 4.44. The molecule has 0 aromatic carbocycles. The molecule has 0 aliphatic rings. The van der Waals surface area contributed by atoms with Crippen molar-refractivity contribution in [3.8, 4) is 0 Å². The summed E-state index contributed by atoms with van der Waals surface area (Å²) in [7, 11) is 0. The zero-order valence-electron chi connectivity index (χ0n) is 7.23. The van der Waals surface area contributed by atoms with Crippen molar-refractivity contribution in [2.24, 2.45) is 5.41 Å². The van der Waals surface area contributed by atoms with Crippen LogP contribution in [-0.4, -0.2) is 32.2 Å². The molecule has 0 saturated heterocycles. The molecule has 0 N–H and O–H groups in total. The van der Waals surface area contributed by atoms with E-state index in [1.54, 1.807) is 0 Å². The first-order chi connectivity index (χ1) is 4.48. The van der Waals surface area contributed by atoms with E-state index in [1.165, 1.54) is 0 Å². The zero-order chi connectivity index (χ0) is 8.20. The van der Waals surface area contributed by atoms with Gasteiger partial charge in [-0.05, 0) is 0 Å². The van der Waals surface area contributed by atoms with Gasteiger partial charge in [0.15, 0.2) is 0 Å². The van der Waals surface area contributed by atoms with Crippen molar-refractivity contribution >= 4 is 25.6 Å². The van der Waals surface area contributed by atoms with Crippen molar-refractivity contribution < 1.29 is 4.74 Å². The third-order valence-electron chi connectivity index (χ3n) is 1.05. The van der Waals surface area contributed by atoms with Crippen LogP contribution in [0, 0.1) is 5.41 Å². The number of hydrogen-bond acceptors (Lipinski definition) is 1. The van der Waals surface area contributed by atoms with Crippen LogP contribution in [0.4, 0.5) is 0 Å². The quantitative estimate of drug-likeness (QED) is 0.699. The summed E-state index contributed by atoms with van der Waals surface area (Å²) >= 11 is 1.98. The Morgan fingerprint density at radius 3 is 2.20 bits per heavy atom. The Morgan fingerprint density at radius 1 is 1.40 bits per heavy atom. The standard InChI is InChI=1S/C8H16OTe/c1-5-6-9-7(10)8(2,3)4/h5-6H2,1-4H3. The molecule has 60 valence electrons. The van der Waals surface area contributed by atoms with Gasteiger partial charge in [0.1, 0.15) is 0 Å². The molecule has 0 saturated carbocycles. The summed E-state index contributed by atoms with van der Waals surface area (Å²) in [5.74, 6) is 0. The minimum absolute atomic E-state index is 0.208. The summed E-state index contributed by atoms with van der Waals surface area (Å²) in [4.78, 5) is 0. The van der Waals surface area contributed by atoms with Gasteiger partial charge in [-0.15, -0.1) is 0 Å². The molecule has 0 aliphatic carbocycles. The first-order valence-electron chi connectivity index (χ1n) is 3.65. The number of ether oxygens (including phenoxy) is 1. The van der Waals surface area contributed by atoms with E-state index >= 15 is 0 Å². The van der Waals surface area contributed by atoms with E-state index in [-0.39, 0.29) is 5.41 Å². The maximum absolute atomic E-state index is 5.48. The summed E-state index contributed by atoms with van der Waals surface area (Å²) in [5.41, 5.74) is 0.208. The normalized spacial score (nSPS) is 11.2. The van der Waals surface area contributed by atoms with Crippen molar-refractivity contribution in [3.05, 3.63) is 0 Å². The van der Waals surface area contributed by atoms with Crippen molar-refractivity contribution in [1.82, 2.24) is 0 Å². The topological polar surface area (TPSA) is 9.23 Å². The Balaban J connectivity index is 3.64. The fraction of sp³-hybridized carbons (Fsp3) is 0.875. The molecule has 0 aliphatic heterocycles. The van der Waals surface area contributed by atoms with Crippen LogP contribution in [0.3, 0.4) is 0 Å². The summed E-state index contributed by atoms with van der Waals surface area (Å²) < 4.78 is 6.62.